The molecule has 0 saturated carbocycles. The van der Waals surface area contributed by atoms with Gasteiger partial charge in [0.2, 0.25) is 5.91 Å². The average Bonchev–Trinajstić information content (AvgIpc) is 2.45. The molecule has 0 fully saturated rings. The van der Waals surface area contributed by atoms with Gasteiger partial charge in [0.1, 0.15) is 5.82 Å². The Hall–Kier alpha value is -1.95. The molecule has 6 heteroatoms. The molecule has 0 radical (unpaired) electrons. The van der Waals surface area contributed by atoms with Crippen molar-refractivity contribution in [2.75, 3.05) is 32.6 Å². The number of nitrogens with one attached hydrogen (secondary N) is 1. The number of carbonyl (C=O) groups is 2. The number of hydrogen-bond acceptors (Lipinski definition) is 4. The fraction of sp³-hybridized carbons (Fsp3) is 0.467. The fourth-order valence-corrected chi connectivity index (χ4v) is 1.79. The Bertz CT molecular complexity index is 480. The van der Waals surface area contributed by atoms with Crippen LogP contribution in [0.5, 0.6) is 0 Å². The van der Waals surface area contributed by atoms with E-state index in [1.807, 2.05) is 11.9 Å². The number of rotatable bonds is 8. The summed E-state index contributed by atoms with van der Waals surface area (Å²) in [5.74, 6) is -0.777. The molecule has 116 valence electrons. The lowest BCUT2D eigenvalue weighted by Crippen LogP contribution is -2.25. The zero-order valence-corrected chi connectivity index (χ0v) is 12.4. The van der Waals surface area contributed by atoms with Crippen LogP contribution in [0.1, 0.15) is 19.3 Å². The third-order valence-corrected chi connectivity index (χ3v) is 2.98. The Labute approximate surface area is 124 Å². The van der Waals surface area contributed by atoms with E-state index >= 15 is 0 Å². The van der Waals surface area contributed by atoms with Gasteiger partial charge in [-0.2, -0.15) is 0 Å². The maximum Gasteiger partial charge on any atom is 0.305 e. The first kappa shape index (κ1) is 17.1. The van der Waals surface area contributed by atoms with Crippen LogP contribution in [0.25, 0.3) is 0 Å². The Morgan fingerprint density at radius 2 is 2.05 bits per heavy atom. The van der Waals surface area contributed by atoms with E-state index in [1.165, 1.54) is 19.2 Å². The largest absolute Gasteiger partial charge is 0.469 e. The van der Waals surface area contributed by atoms with E-state index in [1.54, 1.807) is 12.1 Å². The summed E-state index contributed by atoms with van der Waals surface area (Å²) < 4.78 is 17.5. The van der Waals surface area contributed by atoms with Gasteiger partial charge in [-0.1, -0.05) is 6.07 Å². The van der Waals surface area contributed by atoms with Crippen molar-refractivity contribution < 1.29 is 18.7 Å². The molecule has 1 aromatic rings. The first-order valence-electron chi connectivity index (χ1n) is 6.82. The molecular formula is C15H21FN2O3. The minimum Gasteiger partial charge on any atom is -0.469 e. The second-order valence-corrected chi connectivity index (χ2v) is 4.79. The smallest absolute Gasteiger partial charge is 0.305 e. The van der Waals surface area contributed by atoms with Crippen molar-refractivity contribution in [3.8, 4) is 0 Å². The Balaban J connectivity index is 2.21. The molecule has 1 aromatic carbocycles. The van der Waals surface area contributed by atoms with Crippen LogP contribution < -0.4 is 5.32 Å². The van der Waals surface area contributed by atoms with E-state index in [9.17, 15) is 14.0 Å². The summed E-state index contributed by atoms with van der Waals surface area (Å²) in [6, 6.07) is 5.79. The molecule has 0 heterocycles. The summed E-state index contributed by atoms with van der Waals surface area (Å²) in [4.78, 5) is 24.6. The molecule has 0 spiro atoms. The number of ether oxygens (including phenoxy) is 1. The van der Waals surface area contributed by atoms with Crippen molar-refractivity contribution in [1.29, 1.82) is 0 Å². The highest BCUT2D eigenvalue weighted by Crippen LogP contribution is 2.09. The standard InChI is InChI=1S/C15H21FN2O3/c1-18(9-4-7-15(20)21-2)10-8-14(19)17-13-6-3-5-12(16)11-13/h3,5-6,11H,4,7-10H2,1-2H3,(H,17,19). The number of anilines is 1. The van der Waals surface area contributed by atoms with Crippen LogP contribution in [0.2, 0.25) is 0 Å². The van der Waals surface area contributed by atoms with Crippen molar-refractivity contribution in [2.45, 2.75) is 19.3 Å². The minimum absolute atomic E-state index is 0.166. The number of amides is 1. The molecule has 0 bridgehead atoms. The molecule has 0 aliphatic heterocycles. The molecule has 0 atom stereocenters. The summed E-state index contributed by atoms with van der Waals surface area (Å²) in [5, 5.41) is 2.64. The van der Waals surface area contributed by atoms with E-state index in [0.29, 0.717) is 38.0 Å². The SMILES string of the molecule is COC(=O)CCCN(C)CCC(=O)Nc1cccc(F)c1. The number of benzene rings is 1. The van der Waals surface area contributed by atoms with Crippen molar-refractivity contribution in [1.82, 2.24) is 4.90 Å². The summed E-state index contributed by atoms with van der Waals surface area (Å²) in [5.41, 5.74) is 0.452. The molecule has 5 nitrogen and oxygen atoms in total. The molecule has 0 aliphatic carbocycles. The van der Waals surface area contributed by atoms with Crippen LogP contribution in [-0.4, -0.2) is 44.0 Å². The second kappa shape index (κ2) is 9.07. The maximum atomic E-state index is 13.0. The third kappa shape index (κ3) is 7.41. The van der Waals surface area contributed by atoms with E-state index in [2.05, 4.69) is 10.1 Å². The van der Waals surface area contributed by atoms with Crippen molar-refractivity contribution in [3.63, 3.8) is 0 Å². The Morgan fingerprint density at radius 3 is 2.71 bits per heavy atom. The average molecular weight is 296 g/mol. The van der Waals surface area contributed by atoms with Crippen molar-refractivity contribution >= 4 is 17.6 Å². The number of hydrogen-bond donors (Lipinski definition) is 1. The first-order valence-corrected chi connectivity index (χ1v) is 6.82. The number of nitrogens with zero attached hydrogens (tertiary/aromatic N) is 1. The molecule has 1 N–H and O–H groups in total. The molecular weight excluding hydrogens is 275 g/mol. The van der Waals surface area contributed by atoms with Crippen LogP contribution in [-0.2, 0) is 14.3 Å². The highest BCUT2D eigenvalue weighted by Gasteiger charge is 2.07. The predicted molar refractivity (Wildman–Crippen MR) is 78.4 cm³/mol. The summed E-state index contributed by atoms with van der Waals surface area (Å²) in [7, 11) is 3.25. The third-order valence-electron chi connectivity index (χ3n) is 2.98. The maximum absolute atomic E-state index is 13.0. The monoisotopic (exact) mass is 296 g/mol. The van der Waals surface area contributed by atoms with E-state index in [0.717, 1.165) is 0 Å². The molecule has 0 aromatic heterocycles. The van der Waals surface area contributed by atoms with Crippen molar-refractivity contribution in [2.24, 2.45) is 0 Å². The van der Waals surface area contributed by atoms with Crippen LogP contribution in [0, 0.1) is 5.82 Å². The van der Waals surface area contributed by atoms with Gasteiger partial charge in [0.05, 0.1) is 7.11 Å². The lowest BCUT2D eigenvalue weighted by Gasteiger charge is -2.15. The molecule has 1 rings (SSSR count). The van der Waals surface area contributed by atoms with Gasteiger partial charge in [-0.15, -0.1) is 0 Å². The summed E-state index contributed by atoms with van der Waals surface area (Å²) in [6.45, 7) is 1.28. The number of carbonyl (C=O) groups excluding carboxylic acids is 2. The van der Waals surface area contributed by atoms with E-state index in [4.69, 9.17) is 0 Å². The molecule has 0 unspecified atom stereocenters. The Kier molecular flexibility index (Phi) is 7.39. The summed E-state index contributed by atoms with van der Waals surface area (Å²) in [6.07, 6.45) is 1.37. The highest BCUT2D eigenvalue weighted by atomic mass is 19.1. The lowest BCUT2D eigenvalue weighted by molar-refractivity contribution is -0.140. The minimum atomic E-state index is -0.382. The van der Waals surface area contributed by atoms with Gasteiger partial charge in [-0.3, -0.25) is 9.59 Å². The van der Waals surface area contributed by atoms with Crippen LogP contribution >= 0.6 is 0 Å². The highest BCUT2D eigenvalue weighted by molar-refractivity contribution is 5.90. The molecule has 0 aliphatic rings. The van der Waals surface area contributed by atoms with E-state index < -0.39 is 0 Å². The molecule has 21 heavy (non-hydrogen) atoms. The van der Waals surface area contributed by atoms with Crippen LogP contribution in [0.4, 0.5) is 10.1 Å². The van der Waals surface area contributed by atoms with Gasteiger partial charge in [0.25, 0.3) is 0 Å². The van der Waals surface area contributed by atoms with E-state index in [-0.39, 0.29) is 17.7 Å². The predicted octanol–water partition coefficient (Wildman–Crippen LogP) is 2.04. The topological polar surface area (TPSA) is 58.6 Å². The zero-order chi connectivity index (χ0) is 15.7. The Morgan fingerprint density at radius 1 is 1.29 bits per heavy atom. The van der Waals surface area contributed by atoms with Gasteiger partial charge in [0, 0.05) is 25.1 Å². The molecule has 0 saturated heterocycles. The van der Waals surface area contributed by atoms with Crippen molar-refractivity contribution in [3.05, 3.63) is 30.1 Å². The van der Waals surface area contributed by atoms with Gasteiger partial charge >= 0.3 is 5.97 Å². The van der Waals surface area contributed by atoms with Gasteiger partial charge in [-0.05, 0) is 38.2 Å². The van der Waals surface area contributed by atoms with Gasteiger partial charge in [-0.25, -0.2) is 4.39 Å². The zero-order valence-electron chi connectivity index (χ0n) is 12.4. The number of halogens is 1. The normalized spacial score (nSPS) is 10.5. The fourth-order valence-electron chi connectivity index (χ4n) is 1.79. The van der Waals surface area contributed by atoms with Crippen LogP contribution in [0.15, 0.2) is 24.3 Å². The number of esters is 1. The summed E-state index contributed by atoms with van der Waals surface area (Å²) >= 11 is 0. The lowest BCUT2D eigenvalue weighted by atomic mass is 10.2. The first-order chi connectivity index (χ1) is 10.0. The van der Waals surface area contributed by atoms with Gasteiger partial charge in [0.15, 0.2) is 0 Å². The molecule has 1 amide bonds. The quantitative estimate of drug-likeness (QED) is 0.746. The van der Waals surface area contributed by atoms with Gasteiger partial charge < -0.3 is 15.0 Å². The second-order valence-electron chi connectivity index (χ2n) is 4.79. The van der Waals surface area contributed by atoms with Crippen LogP contribution in [0.3, 0.4) is 0 Å². The number of methoxy groups -OCH3 is 1.